The zero-order chi connectivity index (χ0) is 16.4. The molecule has 10 heteroatoms. The Kier molecular flexibility index (Phi) is 4.95. The van der Waals surface area contributed by atoms with Crippen molar-refractivity contribution >= 4 is 15.9 Å². The molecule has 1 atom stereocenters. The Bertz CT molecular complexity index is 643. The number of amides is 1. The highest BCUT2D eigenvalue weighted by Crippen LogP contribution is 2.21. The molecule has 0 radical (unpaired) electrons. The minimum atomic E-state index is -4.46. The zero-order valence-corrected chi connectivity index (χ0v) is 11.6. The number of halogens is 4. The first-order valence-electron chi connectivity index (χ1n) is 5.60. The lowest BCUT2D eigenvalue weighted by molar-refractivity contribution is -0.138. The predicted octanol–water partition coefficient (Wildman–Crippen LogP) is 1.54. The van der Waals surface area contributed by atoms with Crippen molar-refractivity contribution in [1.29, 1.82) is 0 Å². The van der Waals surface area contributed by atoms with Gasteiger partial charge in [-0.05, 0) is 25.1 Å². The largest absolute Gasteiger partial charge is 0.391 e. The van der Waals surface area contributed by atoms with E-state index in [1.54, 1.807) is 0 Å². The summed E-state index contributed by atoms with van der Waals surface area (Å²) in [4.78, 5) is 10.8. The molecule has 0 fully saturated rings. The van der Waals surface area contributed by atoms with Crippen molar-refractivity contribution in [3.8, 4) is 0 Å². The second kappa shape index (κ2) is 5.98. The lowest BCUT2D eigenvalue weighted by Crippen LogP contribution is -2.36. The molecule has 0 saturated carbocycles. The summed E-state index contributed by atoms with van der Waals surface area (Å²) in [6, 6.07) is 1.09. The summed E-state index contributed by atoms with van der Waals surface area (Å²) in [5, 5.41) is 6.80. The van der Waals surface area contributed by atoms with Crippen LogP contribution in [0.5, 0.6) is 0 Å². The average molecular weight is 328 g/mol. The monoisotopic (exact) mass is 328 g/mol. The van der Waals surface area contributed by atoms with E-state index in [9.17, 15) is 30.8 Å². The van der Waals surface area contributed by atoms with E-state index >= 15 is 0 Å². The SMILES string of the molecule is CC(CC(F)(F)F)NC(=O)c1ccc(F)c(S(N)(=O)=O)c1. The standard InChI is InChI=1S/C11H12F4N2O3S/c1-6(5-11(13,14)15)17-10(18)7-2-3-8(12)9(4-7)21(16,19)20/h2-4,6H,5H2,1H3,(H,17,18)(H2,16,19,20). The van der Waals surface area contributed by atoms with Crippen LogP contribution in [0.2, 0.25) is 0 Å². The number of rotatable bonds is 4. The van der Waals surface area contributed by atoms with E-state index in [0.29, 0.717) is 12.1 Å². The smallest absolute Gasteiger partial charge is 0.349 e. The van der Waals surface area contributed by atoms with Crippen molar-refractivity contribution in [1.82, 2.24) is 5.32 Å². The molecule has 1 rings (SSSR count). The predicted molar refractivity (Wildman–Crippen MR) is 65.4 cm³/mol. The molecule has 0 aromatic heterocycles. The van der Waals surface area contributed by atoms with Crippen molar-refractivity contribution in [3.05, 3.63) is 29.6 Å². The highest BCUT2D eigenvalue weighted by molar-refractivity contribution is 7.89. The van der Waals surface area contributed by atoms with Crippen molar-refractivity contribution in [2.75, 3.05) is 0 Å². The molecule has 0 aliphatic carbocycles. The van der Waals surface area contributed by atoms with Crippen LogP contribution in [0.15, 0.2) is 23.1 Å². The lowest BCUT2D eigenvalue weighted by atomic mass is 10.1. The fraction of sp³-hybridized carbons (Fsp3) is 0.364. The number of hydrogen-bond acceptors (Lipinski definition) is 3. The van der Waals surface area contributed by atoms with Crippen molar-refractivity contribution in [2.45, 2.75) is 30.5 Å². The Morgan fingerprint density at radius 1 is 1.38 bits per heavy atom. The molecular formula is C11H12F4N2O3S. The number of sulfonamides is 1. The van der Waals surface area contributed by atoms with E-state index in [4.69, 9.17) is 5.14 Å². The van der Waals surface area contributed by atoms with Gasteiger partial charge in [-0.2, -0.15) is 13.2 Å². The number of carbonyl (C=O) groups is 1. The maximum Gasteiger partial charge on any atom is 0.391 e. The molecule has 1 aromatic carbocycles. The van der Waals surface area contributed by atoms with Gasteiger partial charge in [0.15, 0.2) is 0 Å². The Morgan fingerprint density at radius 3 is 2.43 bits per heavy atom. The quantitative estimate of drug-likeness (QED) is 0.822. The lowest BCUT2D eigenvalue weighted by Gasteiger charge is -2.16. The third-order valence-electron chi connectivity index (χ3n) is 2.42. The molecule has 3 N–H and O–H groups in total. The van der Waals surface area contributed by atoms with E-state index in [0.717, 1.165) is 13.0 Å². The van der Waals surface area contributed by atoms with Crippen LogP contribution in [-0.4, -0.2) is 26.5 Å². The Hall–Kier alpha value is -1.68. The van der Waals surface area contributed by atoms with E-state index in [1.165, 1.54) is 0 Å². The van der Waals surface area contributed by atoms with Crippen LogP contribution in [0.3, 0.4) is 0 Å². The maximum absolute atomic E-state index is 13.3. The third kappa shape index (κ3) is 5.31. The van der Waals surface area contributed by atoms with Crippen LogP contribution in [0.1, 0.15) is 23.7 Å². The van der Waals surface area contributed by atoms with Gasteiger partial charge >= 0.3 is 6.18 Å². The summed E-state index contributed by atoms with van der Waals surface area (Å²) in [6.45, 7) is 1.13. The molecule has 0 bridgehead atoms. The molecule has 0 aliphatic heterocycles. The van der Waals surface area contributed by atoms with Crippen molar-refractivity contribution in [2.24, 2.45) is 5.14 Å². The van der Waals surface area contributed by atoms with Crippen LogP contribution in [0.25, 0.3) is 0 Å². The first kappa shape index (κ1) is 17.4. The van der Waals surface area contributed by atoms with Crippen LogP contribution in [-0.2, 0) is 10.0 Å². The summed E-state index contributed by atoms with van der Waals surface area (Å²) in [5.41, 5.74) is -0.311. The van der Waals surface area contributed by atoms with Gasteiger partial charge < -0.3 is 5.32 Å². The van der Waals surface area contributed by atoms with E-state index in [1.807, 2.05) is 5.32 Å². The first-order valence-corrected chi connectivity index (χ1v) is 7.15. The molecule has 1 amide bonds. The highest BCUT2D eigenvalue weighted by Gasteiger charge is 2.30. The van der Waals surface area contributed by atoms with Crippen molar-refractivity contribution < 1.29 is 30.8 Å². The number of nitrogens with two attached hydrogens (primary N) is 1. The first-order chi connectivity index (χ1) is 9.40. The summed E-state index contributed by atoms with van der Waals surface area (Å²) in [5.74, 6) is -2.12. The van der Waals surface area contributed by atoms with Gasteiger partial charge in [-0.15, -0.1) is 0 Å². The molecule has 1 unspecified atom stereocenters. The molecule has 21 heavy (non-hydrogen) atoms. The summed E-state index contributed by atoms with van der Waals surface area (Å²) >= 11 is 0. The average Bonchev–Trinajstić information content (AvgIpc) is 2.24. The van der Waals surface area contributed by atoms with Crippen molar-refractivity contribution in [3.63, 3.8) is 0 Å². The van der Waals surface area contributed by atoms with Crippen LogP contribution < -0.4 is 10.5 Å². The van der Waals surface area contributed by atoms with E-state index in [2.05, 4.69) is 0 Å². The van der Waals surface area contributed by atoms with Crippen LogP contribution >= 0.6 is 0 Å². The van der Waals surface area contributed by atoms with Gasteiger partial charge in [0.25, 0.3) is 5.91 Å². The number of alkyl halides is 3. The second-order valence-corrected chi connectivity index (χ2v) is 5.91. The van der Waals surface area contributed by atoms with Gasteiger partial charge in [0.05, 0.1) is 6.42 Å². The number of hydrogen-bond donors (Lipinski definition) is 2. The zero-order valence-electron chi connectivity index (χ0n) is 10.7. The number of carbonyl (C=O) groups excluding carboxylic acids is 1. The molecule has 0 saturated heterocycles. The van der Waals surface area contributed by atoms with Gasteiger partial charge in [-0.25, -0.2) is 17.9 Å². The minimum Gasteiger partial charge on any atom is -0.349 e. The number of benzene rings is 1. The Morgan fingerprint density at radius 2 is 1.95 bits per heavy atom. The van der Waals surface area contributed by atoms with E-state index < -0.39 is 45.3 Å². The van der Waals surface area contributed by atoms with Gasteiger partial charge in [0, 0.05) is 11.6 Å². The molecule has 118 valence electrons. The molecule has 0 aliphatic rings. The molecule has 0 spiro atoms. The topological polar surface area (TPSA) is 89.3 Å². The second-order valence-electron chi connectivity index (χ2n) is 4.38. The number of nitrogens with one attached hydrogen (secondary N) is 1. The summed E-state index contributed by atoms with van der Waals surface area (Å²) < 4.78 is 71.9. The fourth-order valence-electron chi connectivity index (χ4n) is 1.57. The van der Waals surface area contributed by atoms with Crippen LogP contribution in [0, 0.1) is 5.82 Å². The third-order valence-corrected chi connectivity index (χ3v) is 3.34. The summed E-state index contributed by atoms with van der Waals surface area (Å²) in [6.07, 6.45) is -5.71. The maximum atomic E-state index is 13.3. The van der Waals surface area contributed by atoms with Crippen LogP contribution in [0.4, 0.5) is 17.6 Å². The fourth-order valence-corrected chi connectivity index (χ4v) is 2.20. The molecular weight excluding hydrogens is 316 g/mol. The van der Waals surface area contributed by atoms with Gasteiger partial charge in [-0.3, -0.25) is 4.79 Å². The van der Waals surface area contributed by atoms with Gasteiger partial charge in [-0.1, -0.05) is 0 Å². The van der Waals surface area contributed by atoms with Gasteiger partial charge in [0.1, 0.15) is 10.7 Å². The number of primary sulfonamides is 1. The Balaban J connectivity index is 2.94. The normalized spacial score (nSPS) is 13.8. The molecule has 5 nitrogen and oxygen atoms in total. The minimum absolute atomic E-state index is 0.311. The van der Waals surface area contributed by atoms with Gasteiger partial charge in [0.2, 0.25) is 10.0 Å². The highest BCUT2D eigenvalue weighted by atomic mass is 32.2. The Labute approximate surface area is 118 Å². The molecule has 0 heterocycles. The van der Waals surface area contributed by atoms with E-state index in [-0.39, 0.29) is 5.56 Å². The summed E-state index contributed by atoms with van der Waals surface area (Å²) in [7, 11) is -4.38. The molecule has 1 aromatic rings.